The van der Waals surface area contributed by atoms with Gasteiger partial charge in [0.15, 0.2) is 0 Å². The smallest absolute Gasteiger partial charge is 0.243 e. The molecular weight excluding hydrogens is 581 g/mol. The van der Waals surface area contributed by atoms with Crippen molar-refractivity contribution in [2.75, 3.05) is 23.7 Å². The topological polar surface area (TPSA) is 86.8 Å². The lowest BCUT2D eigenvalue weighted by Crippen LogP contribution is -2.50. The quantitative estimate of drug-likeness (QED) is 0.257. The highest BCUT2D eigenvalue weighted by atomic mass is 35.5. The van der Waals surface area contributed by atoms with Gasteiger partial charge in [-0.25, -0.2) is 8.42 Å². The van der Waals surface area contributed by atoms with E-state index in [1.807, 2.05) is 63.2 Å². The molecule has 0 bridgehead atoms. The van der Waals surface area contributed by atoms with Crippen LogP contribution in [0.5, 0.6) is 0 Å². The SMILES string of the molecule is CCNC(=O)C(Cc1ccccc1)N(Cc1ccc(Cl)cc1Cl)C(=O)CCCN(c1cccc(C)c1C)S(C)(=O)=O. The summed E-state index contributed by atoms with van der Waals surface area (Å²) in [5.74, 6) is -0.555. The van der Waals surface area contributed by atoms with Gasteiger partial charge < -0.3 is 10.2 Å². The van der Waals surface area contributed by atoms with Crippen LogP contribution >= 0.6 is 23.2 Å². The molecule has 1 N–H and O–H groups in total. The first-order chi connectivity index (χ1) is 19.4. The van der Waals surface area contributed by atoms with Crippen molar-refractivity contribution in [3.63, 3.8) is 0 Å². The van der Waals surface area contributed by atoms with Gasteiger partial charge in [-0.3, -0.25) is 13.9 Å². The molecule has 0 aliphatic carbocycles. The molecule has 41 heavy (non-hydrogen) atoms. The fourth-order valence-corrected chi connectivity index (χ4v) is 6.15. The van der Waals surface area contributed by atoms with Gasteiger partial charge in [0.1, 0.15) is 6.04 Å². The van der Waals surface area contributed by atoms with Crippen LogP contribution in [0.3, 0.4) is 0 Å². The number of nitrogens with one attached hydrogen (secondary N) is 1. The van der Waals surface area contributed by atoms with Crippen LogP contribution in [0.4, 0.5) is 5.69 Å². The van der Waals surface area contributed by atoms with E-state index in [9.17, 15) is 18.0 Å². The molecule has 0 aromatic heterocycles. The standard InChI is InChI=1S/C31H37Cl2N3O4S/c1-5-34-31(38)29(19-24-12-7-6-8-13-24)35(21-25-16-17-26(32)20-27(25)33)30(37)15-10-18-36(41(4,39)40)28-14-9-11-22(2)23(28)3/h6-9,11-14,16-17,20,29H,5,10,15,18-19,21H2,1-4H3,(H,34,38). The van der Waals surface area contributed by atoms with Gasteiger partial charge in [-0.15, -0.1) is 0 Å². The zero-order valence-corrected chi connectivity index (χ0v) is 26.2. The average Bonchev–Trinajstić information content (AvgIpc) is 2.91. The molecular formula is C31H37Cl2N3O4S. The summed E-state index contributed by atoms with van der Waals surface area (Å²) < 4.78 is 26.8. The van der Waals surface area contributed by atoms with Gasteiger partial charge in [-0.1, -0.05) is 71.7 Å². The summed E-state index contributed by atoms with van der Waals surface area (Å²) in [5.41, 5.74) is 3.99. The van der Waals surface area contributed by atoms with Crippen molar-refractivity contribution < 1.29 is 18.0 Å². The largest absolute Gasteiger partial charge is 0.355 e. The van der Waals surface area contributed by atoms with Crippen LogP contribution in [0.2, 0.25) is 10.0 Å². The second-order valence-corrected chi connectivity index (χ2v) is 12.8. The van der Waals surface area contributed by atoms with Crippen molar-refractivity contribution >= 4 is 50.7 Å². The van der Waals surface area contributed by atoms with E-state index in [0.29, 0.717) is 34.3 Å². The maximum Gasteiger partial charge on any atom is 0.243 e. The lowest BCUT2D eigenvalue weighted by atomic mass is 10.0. The summed E-state index contributed by atoms with van der Waals surface area (Å²) in [6, 6.07) is 19.3. The first-order valence-electron chi connectivity index (χ1n) is 13.5. The van der Waals surface area contributed by atoms with Crippen LogP contribution in [0, 0.1) is 13.8 Å². The van der Waals surface area contributed by atoms with Gasteiger partial charge in [0.25, 0.3) is 0 Å². The molecule has 2 amide bonds. The number of hydrogen-bond acceptors (Lipinski definition) is 4. The van der Waals surface area contributed by atoms with Gasteiger partial charge in [-0.05, 0) is 67.6 Å². The minimum atomic E-state index is -3.60. The van der Waals surface area contributed by atoms with Crippen LogP contribution in [-0.4, -0.2) is 50.5 Å². The first-order valence-corrected chi connectivity index (χ1v) is 16.1. The third-order valence-electron chi connectivity index (χ3n) is 6.97. The number of hydrogen-bond donors (Lipinski definition) is 1. The minimum absolute atomic E-state index is 0.0345. The number of rotatable bonds is 13. The molecule has 3 rings (SSSR count). The molecule has 1 unspecified atom stereocenters. The molecule has 0 heterocycles. The van der Waals surface area contributed by atoms with Gasteiger partial charge in [0.05, 0.1) is 11.9 Å². The third-order valence-corrected chi connectivity index (χ3v) is 8.74. The maximum absolute atomic E-state index is 13.9. The Hall–Kier alpha value is -3.07. The molecule has 0 aliphatic rings. The summed E-state index contributed by atoms with van der Waals surface area (Å²) in [6.45, 7) is 6.26. The zero-order chi connectivity index (χ0) is 30.2. The highest BCUT2D eigenvalue weighted by Gasteiger charge is 2.31. The maximum atomic E-state index is 13.9. The van der Waals surface area contributed by atoms with Gasteiger partial charge >= 0.3 is 0 Å². The third kappa shape index (κ3) is 8.96. The number of carbonyl (C=O) groups excluding carboxylic acids is 2. The highest BCUT2D eigenvalue weighted by Crippen LogP contribution is 2.27. The molecule has 0 fully saturated rings. The Morgan fingerprint density at radius 2 is 1.68 bits per heavy atom. The Morgan fingerprint density at radius 1 is 0.976 bits per heavy atom. The van der Waals surface area contributed by atoms with E-state index in [0.717, 1.165) is 22.9 Å². The fourth-order valence-electron chi connectivity index (χ4n) is 4.67. The second-order valence-electron chi connectivity index (χ2n) is 10.0. The van der Waals surface area contributed by atoms with Crippen molar-refractivity contribution in [2.45, 2.75) is 52.6 Å². The molecule has 10 heteroatoms. The van der Waals surface area contributed by atoms with Crippen LogP contribution in [-0.2, 0) is 32.6 Å². The number of anilines is 1. The summed E-state index contributed by atoms with van der Waals surface area (Å²) in [4.78, 5) is 28.7. The average molecular weight is 619 g/mol. The highest BCUT2D eigenvalue weighted by molar-refractivity contribution is 7.92. The molecule has 7 nitrogen and oxygen atoms in total. The number of aryl methyl sites for hydroxylation is 1. The Bertz CT molecular complexity index is 1470. The lowest BCUT2D eigenvalue weighted by molar-refractivity contribution is -0.141. The van der Waals surface area contributed by atoms with Crippen molar-refractivity contribution in [3.05, 3.63) is 99.0 Å². The summed E-state index contributed by atoms with van der Waals surface area (Å²) >= 11 is 12.6. The number of amides is 2. The van der Waals surface area contributed by atoms with Gasteiger partial charge in [0.2, 0.25) is 21.8 Å². The number of sulfonamides is 1. The van der Waals surface area contributed by atoms with E-state index < -0.39 is 16.1 Å². The summed E-state index contributed by atoms with van der Waals surface area (Å²) in [5, 5.41) is 3.72. The fraction of sp³-hybridized carbons (Fsp3) is 0.355. The molecule has 0 radical (unpaired) electrons. The first kappa shape index (κ1) is 32.4. The zero-order valence-electron chi connectivity index (χ0n) is 23.9. The van der Waals surface area contributed by atoms with Crippen molar-refractivity contribution in [2.24, 2.45) is 0 Å². The van der Waals surface area contributed by atoms with E-state index in [2.05, 4.69) is 5.32 Å². The molecule has 0 saturated heterocycles. The number of benzene rings is 3. The van der Waals surface area contributed by atoms with E-state index >= 15 is 0 Å². The Balaban J connectivity index is 1.91. The van der Waals surface area contributed by atoms with E-state index in [-0.39, 0.29) is 37.7 Å². The number of carbonyl (C=O) groups is 2. The Labute approximate surface area is 253 Å². The van der Waals surface area contributed by atoms with Crippen molar-refractivity contribution in [3.8, 4) is 0 Å². The molecule has 3 aromatic rings. The predicted molar refractivity (Wildman–Crippen MR) is 167 cm³/mol. The van der Waals surface area contributed by atoms with Crippen LogP contribution in [0.15, 0.2) is 66.7 Å². The van der Waals surface area contributed by atoms with E-state index in [4.69, 9.17) is 23.2 Å². The van der Waals surface area contributed by atoms with Crippen LogP contribution in [0.1, 0.15) is 42.0 Å². The molecule has 220 valence electrons. The number of halogens is 2. The Morgan fingerprint density at radius 3 is 2.32 bits per heavy atom. The van der Waals surface area contributed by atoms with Crippen LogP contribution in [0.25, 0.3) is 0 Å². The van der Waals surface area contributed by atoms with E-state index in [1.54, 1.807) is 24.3 Å². The monoisotopic (exact) mass is 617 g/mol. The number of likely N-dealkylation sites (N-methyl/N-ethyl adjacent to an activating group) is 1. The van der Waals surface area contributed by atoms with Gasteiger partial charge in [-0.2, -0.15) is 0 Å². The molecule has 0 spiro atoms. The van der Waals surface area contributed by atoms with Gasteiger partial charge in [0, 0.05) is 42.5 Å². The molecule has 3 aromatic carbocycles. The second kappa shape index (κ2) is 14.7. The Kier molecular flexibility index (Phi) is 11.6. The summed E-state index contributed by atoms with van der Waals surface area (Å²) in [6.07, 6.45) is 1.77. The molecule has 0 aliphatic heterocycles. The lowest BCUT2D eigenvalue weighted by Gasteiger charge is -2.32. The van der Waals surface area contributed by atoms with Crippen molar-refractivity contribution in [1.82, 2.24) is 10.2 Å². The van der Waals surface area contributed by atoms with Crippen molar-refractivity contribution in [1.29, 1.82) is 0 Å². The number of nitrogens with zero attached hydrogens (tertiary/aromatic N) is 2. The summed E-state index contributed by atoms with van der Waals surface area (Å²) in [7, 11) is -3.60. The van der Waals surface area contributed by atoms with E-state index in [1.165, 1.54) is 9.21 Å². The molecule has 0 saturated carbocycles. The predicted octanol–water partition coefficient (Wildman–Crippen LogP) is 5.93. The minimum Gasteiger partial charge on any atom is -0.355 e. The normalized spacial score (nSPS) is 12.0. The molecule has 1 atom stereocenters. The van der Waals surface area contributed by atoms with Crippen LogP contribution < -0.4 is 9.62 Å².